The third-order valence-electron chi connectivity index (χ3n) is 4.38. The van der Waals surface area contributed by atoms with Crippen molar-refractivity contribution < 1.29 is 26.7 Å². The molecule has 1 N–H and O–H groups in total. The molecule has 0 saturated carbocycles. The number of nitrogens with zero attached hydrogens (tertiary/aromatic N) is 1. The summed E-state index contributed by atoms with van der Waals surface area (Å²) >= 11 is 0. The fraction of sp³-hybridized carbons (Fsp3) is 0.136. The summed E-state index contributed by atoms with van der Waals surface area (Å²) in [7, 11) is -2.45. The lowest BCUT2D eigenvalue weighted by molar-refractivity contribution is 0.0775. The van der Waals surface area contributed by atoms with Gasteiger partial charge in [-0.25, -0.2) is 17.2 Å². The molecule has 0 unspecified atom stereocenters. The maximum atomic E-state index is 13.1. The average Bonchev–Trinajstić information content (AvgIpc) is 2.75. The maximum absolute atomic E-state index is 13.1. The second-order valence-electron chi connectivity index (χ2n) is 6.63. The van der Waals surface area contributed by atoms with Crippen LogP contribution in [0.3, 0.4) is 0 Å². The average molecular weight is 446 g/mol. The number of halogens is 2. The van der Waals surface area contributed by atoms with Crippen LogP contribution in [-0.2, 0) is 10.0 Å². The zero-order chi connectivity index (χ0) is 22.4. The number of hydrogen-bond acceptors (Lipinski definition) is 4. The zero-order valence-corrected chi connectivity index (χ0v) is 17.4. The van der Waals surface area contributed by atoms with Gasteiger partial charge >= 0.3 is 0 Å². The van der Waals surface area contributed by atoms with Crippen molar-refractivity contribution in [3.63, 3.8) is 0 Å². The standard InChI is InChI=1S/C22H20F2N2O4S/c1-26(14-15-30-18-10-6-16(23)7-11-18)22(27)20-4-2-3-5-21(20)25-31(28,29)19-12-8-17(24)9-13-19/h2-13,25H,14-15H2,1H3. The molecule has 31 heavy (non-hydrogen) atoms. The highest BCUT2D eigenvalue weighted by atomic mass is 32.2. The number of hydrogen-bond donors (Lipinski definition) is 1. The Morgan fingerprint density at radius 2 is 1.52 bits per heavy atom. The molecule has 6 nitrogen and oxygen atoms in total. The van der Waals surface area contributed by atoms with E-state index in [0.29, 0.717) is 5.75 Å². The first-order valence-corrected chi connectivity index (χ1v) is 10.8. The zero-order valence-electron chi connectivity index (χ0n) is 16.6. The molecule has 0 heterocycles. The molecular formula is C22H20F2N2O4S. The minimum atomic E-state index is -4.01. The van der Waals surface area contributed by atoms with E-state index in [9.17, 15) is 22.0 Å². The number of sulfonamides is 1. The van der Waals surface area contributed by atoms with Gasteiger partial charge in [0.1, 0.15) is 24.0 Å². The van der Waals surface area contributed by atoms with E-state index in [0.717, 1.165) is 24.3 Å². The molecule has 1 amide bonds. The van der Waals surface area contributed by atoms with Crippen molar-refractivity contribution >= 4 is 21.6 Å². The lowest BCUT2D eigenvalue weighted by Gasteiger charge is -2.20. The second kappa shape index (κ2) is 9.57. The van der Waals surface area contributed by atoms with Crippen molar-refractivity contribution in [1.29, 1.82) is 0 Å². The Morgan fingerprint density at radius 1 is 0.935 bits per heavy atom. The van der Waals surface area contributed by atoms with E-state index < -0.39 is 21.7 Å². The van der Waals surface area contributed by atoms with E-state index in [2.05, 4.69) is 4.72 Å². The summed E-state index contributed by atoms with van der Waals surface area (Å²) in [6.07, 6.45) is 0. The van der Waals surface area contributed by atoms with Gasteiger partial charge in [-0.05, 0) is 60.7 Å². The van der Waals surface area contributed by atoms with E-state index in [1.807, 2.05) is 0 Å². The normalized spacial score (nSPS) is 11.1. The van der Waals surface area contributed by atoms with Crippen LogP contribution in [0, 0.1) is 11.6 Å². The molecule has 0 atom stereocenters. The van der Waals surface area contributed by atoms with E-state index in [-0.39, 0.29) is 35.1 Å². The number of carbonyl (C=O) groups excluding carboxylic acids is 1. The highest BCUT2D eigenvalue weighted by molar-refractivity contribution is 7.92. The Kier molecular flexibility index (Phi) is 6.86. The molecule has 3 aromatic carbocycles. The number of anilines is 1. The van der Waals surface area contributed by atoms with Crippen molar-refractivity contribution in [2.45, 2.75) is 4.90 Å². The van der Waals surface area contributed by atoms with Crippen LogP contribution in [0.25, 0.3) is 0 Å². The Bertz CT molecular complexity index is 1150. The number of benzene rings is 3. The molecule has 0 bridgehead atoms. The van der Waals surface area contributed by atoms with Gasteiger partial charge in [-0.1, -0.05) is 12.1 Å². The Hall–Kier alpha value is -3.46. The molecule has 3 aromatic rings. The lowest BCUT2D eigenvalue weighted by atomic mass is 10.1. The number of para-hydroxylation sites is 1. The number of rotatable bonds is 8. The van der Waals surface area contributed by atoms with Gasteiger partial charge in [0, 0.05) is 7.05 Å². The Morgan fingerprint density at radius 3 is 2.16 bits per heavy atom. The molecule has 0 saturated heterocycles. The molecule has 162 valence electrons. The van der Waals surface area contributed by atoms with Gasteiger partial charge in [0.25, 0.3) is 15.9 Å². The molecule has 0 aliphatic rings. The van der Waals surface area contributed by atoms with E-state index >= 15 is 0 Å². The Balaban J connectivity index is 1.69. The topological polar surface area (TPSA) is 75.7 Å². The number of carbonyl (C=O) groups is 1. The molecule has 0 aromatic heterocycles. The van der Waals surface area contributed by atoms with Gasteiger partial charge in [0.05, 0.1) is 22.7 Å². The first-order chi connectivity index (χ1) is 14.8. The highest BCUT2D eigenvalue weighted by Crippen LogP contribution is 2.21. The summed E-state index contributed by atoms with van der Waals surface area (Å²) in [6, 6.07) is 16.1. The predicted octanol–water partition coefficient (Wildman–Crippen LogP) is 3.92. The summed E-state index contributed by atoms with van der Waals surface area (Å²) in [5, 5.41) is 0. The third-order valence-corrected chi connectivity index (χ3v) is 5.76. The number of likely N-dealkylation sites (N-methyl/N-ethyl adjacent to an activating group) is 1. The van der Waals surface area contributed by atoms with Crippen LogP contribution in [0.1, 0.15) is 10.4 Å². The molecule has 0 spiro atoms. The van der Waals surface area contributed by atoms with Gasteiger partial charge < -0.3 is 9.64 Å². The van der Waals surface area contributed by atoms with E-state index in [4.69, 9.17) is 4.74 Å². The molecule has 0 radical (unpaired) electrons. The molecule has 0 fully saturated rings. The van der Waals surface area contributed by atoms with Crippen molar-refractivity contribution in [2.75, 3.05) is 24.9 Å². The minimum absolute atomic E-state index is 0.100. The van der Waals surface area contributed by atoms with Crippen molar-refractivity contribution in [3.8, 4) is 5.75 Å². The van der Waals surface area contributed by atoms with Gasteiger partial charge in [-0.3, -0.25) is 9.52 Å². The largest absolute Gasteiger partial charge is 0.492 e. The van der Waals surface area contributed by atoms with Crippen molar-refractivity contribution in [3.05, 3.63) is 90.0 Å². The number of amides is 1. The van der Waals surface area contributed by atoms with Crippen LogP contribution >= 0.6 is 0 Å². The summed E-state index contributed by atoms with van der Waals surface area (Å²) in [5.74, 6) is -0.881. The summed E-state index contributed by atoms with van der Waals surface area (Å²) in [4.78, 5) is 14.1. The van der Waals surface area contributed by atoms with Crippen molar-refractivity contribution in [2.24, 2.45) is 0 Å². The van der Waals surface area contributed by atoms with E-state index in [1.165, 1.54) is 41.3 Å². The molecule has 0 aliphatic heterocycles. The third kappa shape index (κ3) is 5.79. The van der Waals surface area contributed by atoms with Crippen LogP contribution in [0.2, 0.25) is 0 Å². The van der Waals surface area contributed by atoms with Crippen LogP contribution in [0.5, 0.6) is 5.75 Å². The predicted molar refractivity (Wildman–Crippen MR) is 113 cm³/mol. The van der Waals surface area contributed by atoms with E-state index in [1.54, 1.807) is 19.2 Å². The van der Waals surface area contributed by atoms with Gasteiger partial charge in [0.15, 0.2) is 0 Å². The maximum Gasteiger partial charge on any atom is 0.261 e. The smallest absolute Gasteiger partial charge is 0.261 e. The summed E-state index contributed by atoms with van der Waals surface area (Å²) in [6.45, 7) is 0.382. The van der Waals surface area contributed by atoms with Crippen molar-refractivity contribution in [1.82, 2.24) is 4.90 Å². The first-order valence-electron chi connectivity index (χ1n) is 9.27. The van der Waals surface area contributed by atoms with Crippen LogP contribution < -0.4 is 9.46 Å². The summed E-state index contributed by atoms with van der Waals surface area (Å²) in [5.41, 5.74) is 0.251. The van der Waals surface area contributed by atoms with Gasteiger partial charge in [-0.2, -0.15) is 0 Å². The highest BCUT2D eigenvalue weighted by Gasteiger charge is 2.20. The number of ether oxygens (including phenoxy) is 1. The van der Waals surface area contributed by atoms with Gasteiger partial charge in [-0.15, -0.1) is 0 Å². The van der Waals surface area contributed by atoms with Crippen LogP contribution in [-0.4, -0.2) is 39.4 Å². The summed E-state index contributed by atoms with van der Waals surface area (Å²) < 4.78 is 59.1. The monoisotopic (exact) mass is 446 g/mol. The quantitative estimate of drug-likeness (QED) is 0.569. The molecule has 0 aliphatic carbocycles. The fourth-order valence-corrected chi connectivity index (χ4v) is 3.79. The molecular weight excluding hydrogens is 426 g/mol. The lowest BCUT2D eigenvalue weighted by Crippen LogP contribution is -2.31. The minimum Gasteiger partial charge on any atom is -0.492 e. The number of nitrogens with one attached hydrogen (secondary N) is 1. The molecule has 9 heteroatoms. The fourth-order valence-electron chi connectivity index (χ4n) is 2.71. The first kappa shape index (κ1) is 22.2. The van der Waals surface area contributed by atoms with Crippen LogP contribution in [0.15, 0.2) is 77.7 Å². The Labute approximate surface area is 179 Å². The SMILES string of the molecule is CN(CCOc1ccc(F)cc1)C(=O)c1ccccc1NS(=O)(=O)c1ccc(F)cc1. The van der Waals surface area contributed by atoms with Gasteiger partial charge in [0.2, 0.25) is 0 Å². The molecule has 3 rings (SSSR count). The van der Waals surface area contributed by atoms with Crippen LogP contribution in [0.4, 0.5) is 14.5 Å². The second-order valence-corrected chi connectivity index (χ2v) is 8.32.